The van der Waals surface area contributed by atoms with Crippen molar-refractivity contribution in [2.24, 2.45) is 0 Å². The monoisotopic (exact) mass is 277 g/mol. The zero-order valence-electron chi connectivity index (χ0n) is 12.0. The first-order valence-corrected chi connectivity index (χ1v) is 7.12. The van der Waals surface area contributed by atoms with Crippen LogP contribution >= 0.6 is 0 Å². The highest BCUT2D eigenvalue weighted by molar-refractivity contribution is 5.78. The van der Waals surface area contributed by atoms with Crippen molar-refractivity contribution >= 4 is 5.91 Å². The molecule has 0 radical (unpaired) electrons. The Kier molecular flexibility index (Phi) is 5.83. The summed E-state index contributed by atoms with van der Waals surface area (Å²) in [4.78, 5) is 16.0. The Morgan fingerprint density at radius 2 is 1.90 bits per heavy atom. The fourth-order valence-electron chi connectivity index (χ4n) is 2.29. The summed E-state index contributed by atoms with van der Waals surface area (Å²) < 4.78 is 5.69. The van der Waals surface area contributed by atoms with Gasteiger partial charge in [0, 0.05) is 32.7 Å². The molecule has 110 valence electrons. The van der Waals surface area contributed by atoms with Crippen molar-refractivity contribution in [3.8, 4) is 5.75 Å². The molecule has 1 aliphatic heterocycles. The molecule has 1 N–H and O–H groups in total. The standard InChI is InChI=1S/C15H23N3O2/c1-16-13-15(19)18-9-7-17(8-10-18)11-12-20-14-5-3-2-4-6-14/h2-6,16H,7-13H2,1H3. The number of likely N-dealkylation sites (N-methyl/N-ethyl adjacent to an activating group) is 1. The number of para-hydroxylation sites is 1. The van der Waals surface area contributed by atoms with E-state index in [-0.39, 0.29) is 5.91 Å². The first kappa shape index (κ1) is 14.8. The van der Waals surface area contributed by atoms with Gasteiger partial charge < -0.3 is 15.0 Å². The van der Waals surface area contributed by atoms with Crippen LogP contribution in [-0.4, -0.2) is 68.6 Å². The van der Waals surface area contributed by atoms with Crippen LogP contribution in [0, 0.1) is 0 Å². The van der Waals surface area contributed by atoms with E-state index in [0.717, 1.165) is 38.5 Å². The third kappa shape index (κ3) is 4.51. The van der Waals surface area contributed by atoms with E-state index in [0.29, 0.717) is 13.2 Å². The van der Waals surface area contributed by atoms with Crippen molar-refractivity contribution < 1.29 is 9.53 Å². The van der Waals surface area contributed by atoms with Gasteiger partial charge in [0.05, 0.1) is 6.54 Å². The molecule has 1 fully saturated rings. The van der Waals surface area contributed by atoms with Crippen LogP contribution in [0.3, 0.4) is 0 Å². The van der Waals surface area contributed by atoms with Crippen LogP contribution < -0.4 is 10.1 Å². The van der Waals surface area contributed by atoms with Gasteiger partial charge in [-0.1, -0.05) is 18.2 Å². The number of hydrogen-bond donors (Lipinski definition) is 1. The number of benzene rings is 1. The number of amides is 1. The first-order valence-electron chi connectivity index (χ1n) is 7.12. The van der Waals surface area contributed by atoms with E-state index in [1.165, 1.54) is 0 Å². The fraction of sp³-hybridized carbons (Fsp3) is 0.533. The van der Waals surface area contributed by atoms with Crippen molar-refractivity contribution in [1.82, 2.24) is 15.1 Å². The second-order valence-electron chi connectivity index (χ2n) is 4.91. The highest BCUT2D eigenvalue weighted by Gasteiger charge is 2.20. The van der Waals surface area contributed by atoms with Crippen molar-refractivity contribution in [2.75, 3.05) is 52.9 Å². The zero-order valence-corrected chi connectivity index (χ0v) is 12.0. The topological polar surface area (TPSA) is 44.8 Å². The molecular formula is C15H23N3O2. The summed E-state index contributed by atoms with van der Waals surface area (Å²) in [5.74, 6) is 1.10. The molecule has 1 heterocycles. The molecule has 0 aromatic heterocycles. The summed E-state index contributed by atoms with van der Waals surface area (Å²) in [5, 5.41) is 2.90. The van der Waals surface area contributed by atoms with Gasteiger partial charge in [-0.25, -0.2) is 0 Å². The number of nitrogens with zero attached hydrogens (tertiary/aromatic N) is 2. The molecule has 0 saturated carbocycles. The average molecular weight is 277 g/mol. The number of nitrogens with one attached hydrogen (secondary N) is 1. The second kappa shape index (κ2) is 7.87. The van der Waals surface area contributed by atoms with E-state index >= 15 is 0 Å². The summed E-state index contributed by atoms with van der Waals surface area (Å²) in [7, 11) is 1.80. The average Bonchev–Trinajstić information content (AvgIpc) is 2.49. The van der Waals surface area contributed by atoms with E-state index < -0.39 is 0 Å². The van der Waals surface area contributed by atoms with Gasteiger partial charge in [0.2, 0.25) is 5.91 Å². The summed E-state index contributed by atoms with van der Waals surface area (Å²) in [5.41, 5.74) is 0. The van der Waals surface area contributed by atoms with Crippen LogP contribution in [-0.2, 0) is 4.79 Å². The first-order chi connectivity index (χ1) is 9.79. The quantitative estimate of drug-likeness (QED) is 0.819. The Labute approximate surface area is 120 Å². The van der Waals surface area contributed by atoms with Gasteiger partial charge in [0.25, 0.3) is 0 Å². The van der Waals surface area contributed by atoms with Crippen LogP contribution in [0.15, 0.2) is 30.3 Å². The van der Waals surface area contributed by atoms with Gasteiger partial charge in [-0.15, -0.1) is 0 Å². The normalized spacial score (nSPS) is 16.1. The molecule has 1 aromatic carbocycles. The lowest BCUT2D eigenvalue weighted by atomic mass is 10.3. The van der Waals surface area contributed by atoms with Crippen molar-refractivity contribution in [3.63, 3.8) is 0 Å². The molecule has 20 heavy (non-hydrogen) atoms. The van der Waals surface area contributed by atoms with Gasteiger partial charge in [0.15, 0.2) is 0 Å². The molecule has 0 atom stereocenters. The van der Waals surface area contributed by atoms with Crippen molar-refractivity contribution in [2.45, 2.75) is 0 Å². The van der Waals surface area contributed by atoms with E-state index in [9.17, 15) is 4.79 Å². The maximum absolute atomic E-state index is 11.7. The fourth-order valence-corrected chi connectivity index (χ4v) is 2.29. The number of carbonyl (C=O) groups is 1. The third-order valence-corrected chi connectivity index (χ3v) is 3.47. The predicted molar refractivity (Wildman–Crippen MR) is 78.9 cm³/mol. The van der Waals surface area contributed by atoms with E-state index in [2.05, 4.69) is 10.2 Å². The summed E-state index contributed by atoms with van der Waals surface area (Å²) in [6, 6.07) is 9.86. The summed E-state index contributed by atoms with van der Waals surface area (Å²) in [6.07, 6.45) is 0. The lowest BCUT2D eigenvalue weighted by Gasteiger charge is -2.34. The Bertz CT molecular complexity index is 403. The van der Waals surface area contributed by atoms with Crippen LogP contribution in [0.4, 0.5) is 0 Å². The summed E-state index contributed by atoms with van der Waals surface area (Å²) in [6.45, 7) is 5.49. The third-order valence-electron chi connectivity index (χ3n) is 3.47. The number of ether oxygens (including phenoxy) is 1. The Morgan fingerprint density at radius 3 is 2.55 bits per heavy atom. The lowest BCUT2D eigenvalue weighted by Crippen LogP contribution is -2.51. The van der Waals surface area contributed by atoms with Gasteiger partial charge in [0.1, 0.15) is 12.4 Å². The minimum absolute atomic E-state index is 0.188. The predicted octanol–water partition coefficient (Wildman–Crippen LogP) is 0.429. The zero-order chi connectivity index (χ0) is 14.2. The molecule has 5 nitrogen and oxygen atoms in total. The smallest absolute Gasteiger partial charge is 0.236 e. The number of rotatable bonds is 6. The lowest BCUT2D eigenvalue weighted by molar-refractivity contribution is -0.131. The molecular weight excluding hydrogens is 254 g/mol. The van der Waals surface area contributed by atoms with Gasteiger partial charge in [-0.05, 0) is 19.2 Å². The van der Waals surface area contributed by atoms with Crippen LogP contribution in [0.2, 0.25) is 0 Å². The van der Waals surface area contributed by atoms with E-state index in [1.54, 1.807) is 7.05 Å². The summed E-state index contributed by atoms with van der Waals surface area (Å²) >= 11 is 0. The van der Waals surface area contributed by atoms with Crippen LogP contribution in [0.25, 0.3) is 0 Å². The molecule has 1 aliphatic rings. The molecule has 0 unspecified atom stereocenters. The molecule has 2 rings (SSSR count). The van der Waals surface area contributed by atoms with E-state index in [1.807, 2.05) is 35.2 Å². The van der Waals surface area contributed by atoms with Crippen LogP contribution in [0.1, 0.15) is 0 Å². The molecule has 1 saturated heterocycles. The number of carbonyl (C=O) groups excluding carboxylic acids is 1. The molecule has 1 amide bonds. The van der Waals surface area contributed by atoms with Gasteiger partial charge >= 0.3 is 0 Å². The number of hydrogen-bond acceptors (Lipinski definition) is 4. The minimum atomic E-state index is 0.188. The minimum Gasteiger partial charge on any atom is -0.492 e. The van der Waals surface area contributed by atoms with Gasteiger partial charge in [-0.3, -0.25) is 9.69 Å². The van der Waals surface area contributed by atoms with Crippen molar-refractivity contribution in [3.05, 3.63) is 30.3 Å². The Balaban J connectivity index is 1.63. The van der Waals surface area contributed by atoms with Crippen LogP contribution in [0.5, 0.6) is 5.75 Å². The Morgan fingerprint density at radius 1 is 1.20 bits per heavy atom. The second-order valence-corrected chi connectivity index (χ2v) is 4.91. The SMILES string of the molecule is CNCC(=O)N1CCN(CCOc2ccccc2)CC1. The Hall–Kier alpha value is -1.59. The van der Waals surface area contributed by atoms with Gasteiger partial charge in [-0.2, -0.15) is 0 Å². The molecule has 1 aromatic rings. The molecule has 0 bridgehead atoms. The largest absolute Gasteiger partial charge is 0.492 e. The maximum atomic E-state index is 11.7. The molecule has 0 aliphatic carbocycles. The maximum Gasteiger partial charge on any atom is 0.236 e. The molecule has 0 spiro atoms. The molecule has 5 heteroatoms. The number of piperazine rings is 1. The highest BCUT2D eigenvalue weighted by atomic mass is 16.5. The highest BCUT2D eigenvalue weighted by Crippen LogP contribution is 2.08. The van der Waals surface area contributed by atoms with Crippen molar-refractivity contribution in [1.29, 1.82) is 0 Å². The van der Waals surface area contributed by atoms with E-state index in [4.69, 9.17) is 4.74 Å².